The first kappa shape index (κ1) is 12.0. The second-order valence-corrected chi connectivity index (χ2v) is 4.68. The van der Waals surface area contributed by atoms with Crippen molar-refractivity contribution in [3.8, 4) is 0 Å². The normalized spacial score (nSPS) is 16.6. The molecular formula is C13H16N4O2. The number of hydrogen-bond acceptors (Lipinski definition) is 4. The van der Waals surface area contributed by atoms with Gasteiger partial charge in [0, 0.05) is 37.0 Å². The minimum absolute atomic E-state index is 0.298. The van der Waals surface area contributed by atoms with E-state index < -0.39 is 5.91 Å². The van der Waals surface area contributed by atoms with Gasteiger partial charge in [-0.05, 0) is 18.9 Å². The third kappa shape index (κ3) is 2.26. The summed E-state index contributed by atoms with van der Waals surface area (Å²) in [4.78, 5) is 18.8. The molecule has 19 heavy (non-hydrogen) atoms. The second kappa shape index (κ2) is 4.89. The predicted octanol–water partition coefficient (Wildman–Crippen LogP) is 1.25. The maximum atomic E-state index is 11.5. The maximum absolute atomic E-state index is 11.5. The lowest BCUT2D eigenvalue weighted by Gasteiger charge is -2.25. The highest BCUT2D eigenvalue weighted by Crippen LogP contribution is 2.27. The Kier molecular flexibility index (Phi) is 3.08. The molecule has 1 fully saturated rings. The van der Waals surface area contributed by atoms with Crippen LogP contribution in [0.3, 0.4) is 0 Å². The van der Waals surface area contributed by atoms with Gasteiger partial charge in [-0.2, -0.15) is 0 Å². The van der Waals surface area contributed by atoms with Crippen LogP contribution in [0.2, 0.25) is 0 Å². The molecular weight excluding hydrogens is 244 g/mol. The standard InChI is InChI=1S/C13H16N4O2/c14-12(18)10-7-16-13-9(1-4-15-13)11(10)17-8-2-5-19-6-3-8/h1,4,7-8H,2-3,5-6H2,(H2,14,18)(H2,15,16,17). The summed E-state index contributed by atoms with van der Waals surface area (Å²) in [5.74, 6) is -0.467. The Balaban J connectivity index is 2.00. The molecule has 3 heterocycles. The molecule has 0 aromatic carbocycles. The van der Waals surface area contributed by atoms with Gasteiger partial charge in [-0.3, -0.25) is 4.79 Å². The van der Waals surface area contributed by atoms with E-state index in [0.717, 1.165) is 42.8 Å². The minimum atomic E-state index is -0.467. The number of nitrogens with zero attached hydrogens (tertiary/aromatic N) is 1. The van der Waals surface area contributed by atoms with E-state index in [4.69, 9.17) is 10.5 Å². The van der Waals surface area contributed by atoms with Gasteiger partial charge in [-0.15, -0.1) is 0 Å². The van der Waals surface area contributed by atoms with Gasteiger partial charge >= 0.3 is 0 Å². The molecule has 0 saturated carbocycles. The Morgan fingerprint density at radius 1 is 1.47 bits per heavy atom. The van der Waals surface area contributed by atoms with E-state index in [1.807, 2.05) is 6.07 Å². The monoisotopic (exact) mass is 260 g/mol. The number of ether oxygens (including phenoxy) is 1. The van der Waals surface area contributed by atoms with Crippen LogP contribution in [-0.2, 0) is 4.74 Å². The second-order valence-electron chi connectivity index (χ2n) is 4.68. The molecule has 2 aromatic rings. The Bertz CT molecular complexity index is 602. The SMILES string of the molecule is NC(=O)c1cnc2[nH]ccc2c1NC1CCOCC1. The summed E-state index contributed by atoms with van der Waals surface area (Å²) in [5.41, 5.74) is 7.37. The van der Waals surface area contributed by atoms with Crippen LogP contribution in [0.15, 0.2) is 18.5 Å². The average molecular weight is 260 g/mol. The molecule has 1 saturated heterocycles. The number of nitrogens with one attached hydrogen (secondary N) is 2. The fraction of sp³-hybridized carbons (Fsp3) is 0.385. The van der Waals surface area contributed by atoms with Crippen LogP contribution in [-0.4, -0.2) is 35.1 Å². The van der Waals surface area contributed by atoms with Gasteiger partial charge in [0.15, 0.2) is 0 Å². The van der Waals surface area contributed by atoms with Gasteiger partial charge in [-0.25, -0.2) is 4.98 Å². The summed E-state index contributed by atoms with van der Waals surface area (Å²) < 4.78 is 5.34. The largest absolute Gasteiger partial charge is 0.381 e. The van der Waals surface area contributed by atoms with E-state index in [1.54, 1.807) is 6.20 Å². The first-order valence-electron chi connectivity index (χ1n) is 6.36. The highest BCUT2D eigenvalue weighted by molar-refractivity contribution is 6.05. The van der Waals surface area contributed by atoms with Crippen LogP contribution in [0, 0.1) is 0 Å². The smallest absolute Gasteiger partial charge is 0.252 e. The molecule has 2 aromatic heterocycles. The summed E-state index contributed by atoms with van der Waals surface area (Å²) in [7, 11) is 0. The molecule has 6 nitrogen and oxygen atoms in total. The number of pyridine rings is 1. The minimum Gasteiger partial charge on any atom is -0.381 e. The first-order chi connectivity index (χ1) is 9.25. The number of aromatic nitrogens is 2. The molecule has 4 N–H and O–H groups in total. The van der Waals surface area contributed by atoms with E-state index in [-0.39, 0.29) is 0 Å². The van der Waals surface area contributed by atoms with Gasteiger partial charge in [0.05, 0.1) is 11.3 Å². The highest BCUT2D eigenvalue weighted by atomic mass is 16.5. The van der Waals surface area contributed by atoms with Gasteiger partial charge in [-0.1, -0.05) is 0 Å². The van der Waals surface area contributed by atoms with Gasteiger partial charge in [0.25, 0.3) is 5.91 Å². The van der Waals surface area contributed by atoms with Crippen molar-refractivity contribution in [2.75, 3.05) is 18.5 Å². The molecule has 0 spiro atoms. The van der Waals surface area contributed by atoms with Crippen molar-refractivity contribution in [1.29, 1.82) is 0 Å². The van der Waals surface area contributed by atoms with E-state index in [9.17, 15) is 4.79 Å². The molecule has 100 valence electrons. The number of nitrogens with two attached hydrogens (primary N) is 1. The molecule has 0 unspecified atom stereocenters. The summed E-state index contributed by atoms with van der Waals surface area (Å²) in [6.45, 7) is 1.48. The van der Waals surface area contributed by atoms with Crippen LogP contribution in [0.25, 0.3) is 11.0 Å². The lowest BCUT2D eigenvalue weighted by molar-refractivity contribution is 0.0904. The number of carbonyl (C=O) groups is 1. The van der Waals surface area contributed by atoms with E-state index in [2.05, 4.69) is 15.3 Å². The number of rotatable bonds is 3. The number of fused-ring (bicyclic) bond motifs is 1. The number of aromatic amines is 1. The van der Waals surface area contributed by atoms with E-state index in [1.165, 1.54) is 6.20 Å². The first-order valence-corrected chi connectivity index (χ1v) is 6.36. The fourth-order valence-corrected chi connectivity index (χ4v) is 2.40. The molecule has 6 heteroatoms. The number of carbonyl (C=O) groups excluding carboxylic acids is 1. The lowest BCUT2D eigenvalue weighted by atomic mass is 10.1. The zero-order valence-electron chi connectivity index (χ0n) is 10.5. The lowest BCUT2D eigenvalue weighted by Crippen LogP contribution is -2.29. The maximum Gasteiger partial charge on any atom is 0.252 e. The van der Waals surface area contributed by atoms with Crippen LogP contribution in [0.1, 0.15) is 23.2 Å². The summed E-state index contributed by atoms with van der Waals surface area (Å²) in [6.07, 6.45) is 5.17. The topological polar surface area (TPSA) is 93.0 Å². The number of amides is 1. The summed E-state index contributed by atoms with van der Waals surface area (Å²) in [5, 5.41) is 4.31. The third-order valence-corrected chi connectivity index (χ3v) is 3.42. The molecule has 1 aliphatic heterocycles. The molecule has 3 rings (SSSR count). The zero-order chi connectivity index (χ0) is 13.2. The van der Waals surface area contributed by atoms with Crippen molar-refractivity contribution in [3.63, 3.8) is 0 Å². The van der Waals surface area contributed by atoms with Crippen LogP contribution in [0.4, 0.5) is 5.69 Å². The van der Waals surface area contributed by atoms with Crippen molar-refractivity contribution in [1.82, 2.24) is 9.97 Å². The molecule has 1 aliphatic rings. The molecule has 1 amide bonds. The van der Waals surface area contributed by atoms with Gasteiger partial charge in [0.1, 0.15) is 5.65 Å². The van der Waals surface area contributed by atoms with Crippen molar-refractivity contribution in [3.05, 3.63) is 24.0 Å². The van der Waals surface area contributed by atoms with Crippen LogP contribution in [0.5, 0.6) is 0 Å². The third-order valence-electron chi connectivity index (χ3n) is 3.42. The Morgan fingerprint density at radius 2 is 2.26 bits per heavy atom. The van der Waals surface area contributed by atoms with Crippen LogP contribution >= 0.6 is 0 Å². The van der Waals surface area contributed by atoms with Crippen LogP contribution < -0.4 is 11.1 Å². The fourth-order valence-electron chi connectivity index (χ4n) is 2.40. The quantitative estimate of drug-likeness (QED) is 0.774. The van der Waals surface area contributed by atoms with Gasteiger partial charge in [0.2, 0.25) is 0 Å². The number of H-pyrrole nitrogens is 1. The van der Waals surface area contributed by atoms with Crippen molar-refractivity contribution >= 4 is 22.6 Å². The summed E-state index contributed by atoms with van der Waals surface area (Å²) in [6, 6.07) is 2.20. The highest BCUT2D eigenvalue weighted by Gasteiger charge is 2.19. The van der Waals surface area contributed by atoms with Crippen molar-refractivity contribution in [2.24, 2.45) is 5.73 Å². The predicted molar refractivity (Wildman–Crippen MR) is 72.1 cm³/mol. The molecule has 0 atom stereocenters. The van der Waals surface area contributed by atoms with Gasteiger partial charge < -0.3 is 20.8 Å². The number of hydrogen-bond donors (Lipinski definition) is 3. The average Bonchev–Trinajstić information content (AvgIpc) is 2.88. The zero-order valence-corrected chi connectivity index (χ0v) is 10.5. The molecule has 0 radical (unpaired) electrons. The molecule has 0 aliphatic carbocycles. The van der Waals surface area contributed by atoms with Crippen molar-refractivity contribution in [2.45, 2.75) is 18.9 Å². The van der Waals surface area contributed by atoms with Crippen molar-refractivity contribution < 1.29 is 9.53 Å². The summed E-state index contributed by atoms with van der Waals surface area (Å²) >= 11 is 0. The Labute approximate surface area is 110 Å². The number of primary amides is 1. The Hall–Kier alpha value is -2.08. The van der Waals surface area contributed by atoms with E-state index in [0.29, 0.717) is 11.6 Å². The Morgan fingerprint density at radius 3 is 3.00 bits per heavy atom. The van der Waals surface area contributed by atoms with E-state index >= 15 is 0 Å². The number of anilines is 1. The molecule has 0 bridgehead atoms.